The number of hydrogen-bond donors (Lipinski definition) is 0. The lowest BCUT2D eigenvalue weighted by Crippen LogP contribution is -2.20. The minimum absolute atomic E-state index is 0.00945. The lowest BCUT2D eigenvalue weighted by atomic mass is 10.0. The van der Waals surface area contributed by atoms with E-state index in [-0.39, 0.29) is 18.0 Å². The Kier molecular flexibility index (Phi) is 24.5. The molecule has 1 rings (SSSR count). The first kappa shape index (κ1) is 37.9. The van der Waals surface area contributed by atoms with Crippen molar-refractivity contribution in [3.63, 3.8) is 0 Å². The summed E-state index contributed by atoms with van der Waals surface area (Å²) in [5, 5.41) is 0. The molecule has 3 atom stereocenters. The third-order valence-electron chi connectivity index (χ3n) is 9.02. The Labute approximate surface area is 255 Å². The number of rotatable bonds is 30. The van der Waals surface area contributed by atoms with Crippen LogP contribution in [0.2, 0.25) is 0 Å². The second-order valence-corrected chi connectivity index (χ2v) is 13.3. The summed E-state index contributed by atoms with van der Waals surface area (Å²) in [6.45, 7) is 3.21. The predicted molar refractivity (Wildman–Crippen MR) is 173 cm³/mol. The van der Waals surface area contributed by atoms with Crippen molar-refractivity contribution in [1.29, 1.82) is 0 Å². The fourth-order valence-corrected chi connectivity index (χ4v) is 6.19. The van der Waals surface area contributed by atoms with E-state index in [9.17, 15) is 9.59 Å². The SMILES string of the molecule is CCCCCCCCCC(CCCCCCC1CC1CCCCCCCCCC(=O)OC)OC(=O)CCCN(C)C. The normalized spacial score (nSPS) is 17.1. The zero-order chi connectivity index (χ0) is 30.0. The average Bonchev–Trinajstić information content (AvgIpc) is 3.70. The molecular weight excluding hydrogens is 510 g/mol. The lowest BCUT2D eigenvalue weighted by Gasteiger charge is -2.18. The smallest absolute Gasteiger partial charge is 0.306 e. The molecule has 5 nitrogen and oxygen atoms in total. The van der Waals surface area contributed by atoms with Crippen LogP contribution in [0.3, 0.4) is 0 Å². The molecule has 0 amide bonds. The Hall–Kier alpha value is -1.10. The number of carbonyl (C=O) groups excluding carboxylic acids is 2. The maximum Gasteiger partial charge on any atom is 0.306 e. The van der Waals surface area contributed by atoms with E-state index in [1.54, 1.807) is 0 Å². The summed E-state index contributed by atoms with van der Waals surface area (Å²) in [4.78, 5) is 25.7. The van der Waals surface area contributed by atoms with Crippen molar-refractivity contribution in [2.45, 2.75) is 180 Å². The highest BCUT2D eigenvalue weighted by Crippen LogP contribution is 2.45. The molecule has 0 radical (unpaired) electrons. The first-order valence-corrected chi connectivity index (χ1v) is 17.9. The molecule has 5 heteroatoms. The van der Waals surface area contributed by atoms with Crippen LogP contribution in [0.4, 0.5) is 0 Å². The Morgan fingerprint density at radius 1 is 0.634 bits per heavy atom. The van der Waals surface area contributed by atoms with Gasteiger partial charge in [0.05, 0.1) is 7.11 Å². The highest BCUT2D eigenvalue weighted by molar-refractivity contribution is 5.69. The largest absolute Gasteiger partial charge is 0.469 e. The van der Waals surface area contributed by atoms with Gasteiger partial charge in [0, 0.05) is 12.8 Å². The summed E-state index contributed by atoms with van der Waals surface area (Å²) in [7, 11) is 5.58. The van der Waals surface area contributed by atoms with Crippen molar-refractivity contribution in [3.8, 4) is 0 Å². The standard InChI is InChI=1S/C36H69NO4/c1-5-6-7-8-10-14-20-26-34(41-36(39)29-23-30-37(2)3)27-21-17-16-19-25-33-31-32(33)24-18-13-11-9-12-15-22-28-35(38)40-4/h32-34H,5-31H2,1-4H3. The maximum atomic E-state index is 12.4. The molecule has 0 spiro atoms. The number of carbonyl (C=O) groups is 2. The predicted octanol–water partition coefficient (Wildman–Crippen LogP) is 10.0. The number of esters is 2. The summed E-state index contributed by atoms with van der Waals surface area (Å²) in [5.41, 5.74) is 0. The van der Waals surface area contributed by atoms with Crippen LogP contribution < -0.4 is 0 Å². The van der Waals surface area contributed by atoms with Gasteiger partial charge >= 0.3 is 11.9 Å². The van der Waals surface area contributed by atoms with Gasteiger partial charge in [-0.3, -0.25) is 9.59 Å². The van der Waals surface area contributed by atoms with Gasteiger partial charge in [0.15, 0.2) is 0 Å². The summed E-state index contributed by atoms with van der Waals surface area (Å²) in [6.07, 6.45) is 31.7. The monoisotopic (exact) mass is 580 g/mol. The van der Waals surface area contributed by atoms with Gasteiger partial charge in [-0.05, 0) is 77.4 Å². The Morgan fingerprint density at radius 2 is 1.10 bits per heavy atom. The summed E-state index contributed by atoms with van der Waals surface area (Å²) in [5.74, 6) is 1.95. The van der Waals surface area contributed by atoms with Gasteiger partial charge in [-0.2, -0.15) is 0 Å². The molecule has 1 saturated carbocycles. The molecule has 0 bridgehead atoms. The molecule has 0 saturated heterocycles. The van der Waals surface area contributed by atoms with Gasteiger partial charge in [0.25, 0.3) is 0 Å². The first-order valence-electron chi connectivity index (χ1n) is 17.9. The van der Waals surface area contributed by atoms with Crippen molar-refractivity contribution in [2.24, 2.45) is 11.8 Å². The summed E-state index contributed by atoms with van der Waals surface area (Å²) in [6, 6.07) is 0. The van der Waals surface area contributed by atoms with Gasteiger partial charge in [-0.1, -0.05) is 116 Å². The van der Waals surface area contributed by atoms with E-state index >= 15 is 0 Å². The molecule has 0 aromatic heterocycles. The van der Waals surface area contributed by atoms with Crippen molar-refractivity contribution >= 4 is 11.9 Å². The highest BCUT2D eigenvalue weighted by atomic mass is 16.5. The molecule has 1 aliphatic rings. The molecule has 41 heavy (non-hydrogen) atoms. The van der Waals surface area contributed by atoms with Crippen LogP contribution in [0.25, 0.3) is 0 Å². The third kappa shape index (κ3) is 24.1. The van der Waals surface area contributed by atoms with Crippen LogP contribution in [0.5, 0.6) is 0 Å². The molecule has 0 aliphatic heterocycles. The van der Waals surface area contributed by atoms with Crippen molar-refractivity contribution in [1.82, 2.24) is 4.90 Å². The number of nitrogens with zero attached hydrogens (tertiary/aromatic N) is 1. The van der Waals surface area contributed by atoms with E-state index in [0.29, 0.717) is 12.8 Å². The molecule has 0 aromatic carbocycles. The van der Waals surface area contributed by atoms with E-state index in [1.165, 1.54) is 129 Å². The molecule has 0 N–H and O–H groups in total. The zero-order valence-electron chi connectivity index (χ0n) is 27.9. The highest BCUT2D eigenvalue weighted by Gasteiger charge is 2.35. The summed E-state index contributed by atoms with van der Waals surface area (Å²) >= 11 is 0. The van der Waals surface area contributed by atoms with Gasteiger partial charge in [0.2, 0.25) is 0 Å². The fourth-order valence-electron chi connectivity index (χ4n) is 6.19. The number of hydrogen-bond acceptors (Lipinski definition) is 5. The van der Waals surface area contributed by atoms with Gasteiger partial charge in [0.1, 0.15) is 6.10 Å². The minimum Gasteiger partial charge on any atom is -0.469 e. The lowest BCUT2D eigenvalue weighted by molar-refractivity contribution is -0.150. The average molecular weight is 580 g/mol. The van der Waals surface area contributed by atoms with Crippen LogP contribution in [-0.4, -0.2) is 50.7 Å². The van der Waals surface area contributed by atoms with E-state index in [2.05, 4.69) is 25.9 Å². The van der Waals surface area contributed by atoms with Crippen LogP contribution >= 0.6 is 0 Å². The van der Waals surface area contributed by atoms with E-state index < -0.39 is 0 Å². The van der Waals surface area contributed by atoms with E-state index in [4.69, 9.17) is 9.47 Å². The quantitative estimate of drug-likeness (QED) is 0.0626. The molecule has 0 heterocycles. The second-order valence-electron chi connectivity index (χ2n) is 13.3. The van der Waals surface area contributed by atoms with Crippen molar-refractivity contribution in [3.05, 3.63) is 0 Å². The maximum absolute atomic E-state index is 12.4. The Balaban J connectivity index is 2.06. The zero-order valence-corrected chi connectivity index (χ0v) is 27.9. The molecule has 1 fully saturated rings. The topological polar surface area (TPSA) is 55.8 Å². The van der Waals surface area contributed by atoms with E-state index in [0.717, 1.165) is 50.5 Å². The van der Waals surface area contributed by atoms with Crippen molar-refractivity contribution in [2.75, 3.05) is 27.7 Å². The Morgan fingerprint density at radius 3 is 1.61 bits per heavy atom. The Bertz CT molecular complexity index is 623. The van der Waals surface area contributed by atoms with Gasteiger partial charge in [-0.25, -0.2) is 0 Å². The van der Waals surface area contributed by atoms with Gasteiger partial charge in [-0.15, -0.1) is 0 Å². The number of ether oxygens (including phenoxy) is 2. The van der Waals surface area contributed by atoms with Gasteiger partial charge < -0.3 is 14.4 Å². The van der Waals surface area contributed by atoms with Crippen LogP contribution in [0.15, 0.2) is 0 Å². The molecule has 242 valence electrons. The number of methoxy groups -OCH3 is 1. The number of unbranched alkanes of at least 4 members (excludes halogenated alkanes) is 15. The second kappa shape index (κ2) is 26.5. The molecule has 3 unspecified atom stereocenters. The van der Waals surface area contributed by atoms with Crippen LogP contribution in [-0.2, 0) is 19.1 Å². The summed E-state index contributed by atoms with van der Waals surface area (Å²) < 4.78 is 10.7. The van der Waals surface area contributed by atoms with E-state index in [1.807, 2.05) is 0 Å². The van der Waals surface area contributed by atoms with Crippen LogP contribution in [0.1, 0.15) is 174 Å². The first-order chi connectivity index (χ1) is 20.0. The fraction of sp³-hybridized carbons (Fsp3) is 0.944. The van der Waals surface area contributed by atoms with Crippen molar-refractivity contribution < 1.29 is 19.1 Å². The van der Waals surface area contributed by atoms with Crippen LogP contribution in [0, 0.1) is 11.8 Å². The molecular formula is C36H69NO4. The minimum atomic E-state index is -0.0731. The molecule has 0 aromatic rings. The molecule has 1 aliphatic carbocycles. The third-order valence-corrected chi connectivity index (χ3v) is 9.02.